The van der Waals surface area contributed by atoms with Crippen molar-refractivity contribution >= 4 is 39.4 Å². The van der Waals surface area contributed by atoms with Gasteiger partial charge in [0.2, 0.25) is 0 Å². The van der Waals surface area contributed by atoms with Crippen LogP contribution in [0.5, 0.6) is 0 Å². The highest BCUT2D eigenvalue weighted by atomic mass is 79.9. The van der Waals surface area contributed by atoms with Crippen LogP contribution in [0.4, 0.5) is 0 Å². The maximum atomic E-state index is 11.9. The second-order valence-corrected chi connectivity index (χ2v) is 5.28. The van der Waals surface area contributed by atoms with E-state index in [2.05, 4.69) is 26.2 Å². The van der Waals surface area contributed by atoms with Crippen LogP contribution in [0.1, 0.15) is 20.8 Å². The average Bonchev–Trinajstić information content (AvgIpc) is 2.90. The number of carbonyl (C=O) groups excluding carboxylic acids is 2. The van der Waals surface area contributed by atoms with Crippen LogP contribution in [0.15, 0.2) is 28.9 Å². The van der Waals surface area contributed by atoms with Gasteiger partial charge in [-0.1, -0.05) is 16.8 Å². The molecule has 0 bridgehead atoms. The summed E-state index contributed by atoms with van der Waals surface area (Å²) in [4.78, 5) is 22.7. The van der Waals surface area contributed by atoms with Crippen molar-refractivity contribution in [2.75, 3.05) is 6.61 Å². The molecule has 0 spiro atoms. The standard InChI is InChI=1S/C12H10BrClN4O3/c13-9-2-1-7(14)5-8(9)12(20)21-4-3-18-6-10(11(15)19)16-17-18/h1-2,5-6H,3-4H2,(H2,15,19). The number of amides is 1. The predicted octanol–water partition coefficient (Wildman–Crippen LogP) is 1.65. The van der Waals surface area contributed by atoms with E-state index in [1.165, 1.54) is 16.9 Å². The van der Waals surface area contributed by atoms with Crippen molar-refractivity contribution in [1.82, 2.24) is 15.0 Å². The molecule has 2 aromatic rings. The second kappa shape index (κ2) is 6.68. The Morgan fingerprint density at radius 1 is 1.43 bits per heavy atom. The average molecular weight is 374 g/mol. The lowest BCUT2D eigenvalue weighted by Crippen LogP contribution is -2.13. The zero-order valence-electron chi connectivity index (χ0n) is 10.6. The van der Waals surface area contributed by atoms with Crippen LogP contribution >= 0.6 is 27.5 Å². The third-order valence-electron chi connectivity index (χ3n) is 2.49. The van der Waals surface area contributed by atoms with Gasteiger partial charge >= 0.3 is 5.97 Å². The monoisotopic (exact) mass is 372 g/mol. The molecule has 21 heavy (non-hydrogen) atoms. The molecule has 1 aromatic heterocycles. The number of hydrogen-bond acceptors (Lipinski definition) is 5. The molecule has 1 amide bonds. The summed E-state index contributed by atoms with van der Waals surface area (Å²) in [6, 6.07) is 4.83. The third-order valence-corrected chi connectivity index (χ3v) is 3.42. The quantitative estimate of drug-likeness (QED) is 0.803. The van der Waals surface area contributed by atoms with E-state index in [1.54, 1.807) is 12.1 Å². The molecule has 9 heteroatoms. The molecule has 0 saturated heterocycles. The number of primary amides is 1. The largest absolute Gasteiger partial charge is 0.460 e. The van der Waals surface area contributed by atoms with E-state index in [4.69, 9.17) is 22.1 Å². The highest BCUT2D eigenvalue weighted by Crippen LogP contribution is 2.21. The van der Waals surface area contributed by atoms with Crippen LogP contribution in [-0.2, 0) is 11.3 Å². The van der Waals surface area contributed by atoms with Gasteiger partial charge in [0.1, 0.15) is 6.61 Å². The highest BCUT2D eigenvalue weighted by molar-refractivity contribution is 9.10. The molecular formula is C12H10BrClN4O3. The number of aromatic nitrogens is 3. The van der Waals surface area contributed by atoms with Crippen molar-refractivity contribution in [3.8, 4) is 0 Å². The van der Waals surface area contributed by atoms with Gasteiger partial charge in [-0.15, -0.1) is 5.10 Å². The molecule has 0 fully saturated rings. The van der Waals surface area contributed by atoms with Gasteiger partial charge < -0.3 is 10.5 Å². The van der Waals surface area contributed by atoms with Crippen molar-refractivity contribution in [3.63, 3.8) is 0 Å². The van der Waals surface area contributed by atoms with Crippen molar-refractivity contribution < 1.29 is 14.3 Å². The number of hydrogen-bond donors (Lipinski definition) is 1. The first-order valence-electron chi connectivity index (χ1n) is 5.79. The minimum Gasteiger partial charge on any atom is -0.460 e. The third kappa shape index (κ3) is 4.02. The Morgan fingerprint density at radius 3 is 2.86 bits per heavy atom. The zero-order valence-corrected chi connectivity index (χ0v) is 13.0. The first-order valence-corrected chi connectivity index (χ1v) is 6.96. The lowest BCUT2D eigenvalue weighted by atomic mass is 10.2. The van der Waals surface area contributed by atoms with Gasteiger partial charge in [0.15, 0.2) is 5.69 Å². The van der Waals surface area contributed by atoms with Crippen molar-refractivity contribution in [2.45, 2.75) is 6.54 Å². The number of carbonyl (C=O) groups is 2. The molecule has 1 heterocycles. The summed E-state index contributed by atoms with van der Waals surface area (Å²) in [7, 11) is 0. The minimum absolute atomic E-state index is 0.0545. The summed E-state index contributed by atoms with van der Waals surface area (Å²) in [5, 5.41) is 7.69. The smallest absolute Gasteiger partial charge is 0.339 e. The van der Waals surface area contributed by atoms with Gasteiger partial charge in [-0.05, 0) is 34.1 Å². The lowest BCUT2D eigenvalue weighted by molar-refractivity contribution is 0.0486. The van der Waals surface area contributed by atoms with E-state index in [0.717, 1.165) is 0 Å². The topological polar surface area (TPSA) is 100 Å². The Bertz CT molecular complexity index is 689. The molecule has 2 N–H and O–H groups in total. The maximum absolute atomic E-state index is 11.9. The summed E-state index contributed by atoms with van der Waals surface area (Å²) in [5.74, 6) is -1.18. The summed E-state index contributed by atoms with van der Waals surface area (Å²) >= 11 is 9.08. The number of benzene rings is 1. The van der Waals surface area contributed by atoms with E-state index in [9.17, 15) is 9.59 Å². The van der Waals surface area contributed by atoms with Crippen LogP contribution in [0, 0.1) is 0 Å². The molecule has 0 aliphatic carbocycles. The Kier molecular flexibility index (Phi) is 4.92. The molecule has 2 rings (SSSR count). The van der Waals surface area contributed by atoms with Gasteiger partial charge in [-0.3, -0.25) is 4.79 Å². The van der Waals surface area contributed by atoms with Crippen LogP contribution in [0.25, 0.3) is 0 Å². The molecule has 7 nitrogen and oxygen atoms in total. The minimum atomic E-state index is -0.666. The first-order chi connectivity index (χ1) is 9.97. The van der Waals surface area contributed by atoms with Gasteiger partial charge in [0, 0.05) is 9.50 Å². The Hall–Kier alpha value is -1.93. The fraction of sp³-hybridized carbons (Fsp3) is 0.167. The van der Waals surface area contributed by atoms with Gasteiger partial charge in [-0.25, -0.2) is 9.48 Å². The van der Waals surface area contributed by atoms with Gasteiger partial charge in [-0.2, -0.15) is 0 Å². The maximum Gasteiger partial charge on any atom is 0.339 e. The van der Waals surface area contributed by atoms with E-state index < -0.39 is 11.9 Å². The summed E-state index contributed by atoms with van der Waals surface area (Å²) in [6.45, 7) is 0.323. The number of nitrogens with zero attached hydrogens (tertiary/aromatic N) is 3. The molecule has 0 radical (unpaired) electrons. The van der Waals surface area contributed by atoms with E-state index >= 15 is 0 Å². The molecule has 110 valence electrons. The van der Waals surface area contributed by atoms with E-state index in [1.807, 2.05) is 0 Å². The molecule has 0 atom stereocenters. The Balaban J connectivity index is 1.92. The zero-order chi connectivity index (χ0) is 15.4. The predicted molar refractivity (Wildman–Crippen MR) is 78.0 cm³/mol. The van der Waals surface area contributed by atoms with Gasteiger partial charge in [0.25, 0.3) is 5.91 Å². The van der Waals surface area contributed by atoms with E-state index in [0.29, 0.717) is 15.1 Å². The summed E-state index contributed by atoms with van der Waals surface area (Å²) in [6.07, 6.45) is 1.38. The molecule has 0 aliphatic rings. The van der Waals surface area contributed by atoms with Crippen LogP contribution < -0.4 is 5.73 Å². The Morgan fingerprint density at radius 2 is 2.19 bits per heavy atom. The molecular weight excluding hydrogens is 364 g/mol. The molecule has 0 aliphatic heterocycles. The van der Waals surface area contributed by atoms with Gasteiger partial charge in [0.05, 0.1) is 18.3 Å². The number of rotatable bonds is 5. The first kappa shape index (κ1) is 15.5. The van der Waals surface area contributed by atoms with Crippen LogP contribution in [-0.4, -0.2) is 33.5 Å². The number of ether oxygens (including phenoxy) is 1. The fourth-order valence-corrected chi connectivity index (χ4v) is 2.06. The van der Waals surface area contributed by atoms with E-state index in [-0.39, 0.29) is 18.8 Å². The molecule has 0 saturated carbocycles. The van der Waals surface area contributed by atoms with Crippen molar-refractivity contribution in [3.05, 3.63) is 45.1 Å². The van der Waals surface area contributed by atoms with Crippen molar-refractivity contribution in [1.29, 1.82) is 0 Å². The fourth-order valence-electron chi connectivity index (χ4n) is 1.48. The molecule has 0 unspecified atom stereocenters. The number of esters is 1. The second-order valence-electron chi connectivity index (χ2n) is 3.99. The molecule has 1 aromatic carbocycles. The lowest BCUT2D eigenvalue weighted by Gasteiger charge is -2.06. The SMILES string of the molecule is NC(=O)c1cn(CCOC(=O)c2cc(Cl)ccc2Br)nn1. The Labute approximate surface area is 133 Å². The van der Waals surface area contributed by atoms with Crippen LogP contribution in [0.3, 0.4) is 0 Å². The number of halogens is 2. The summed E-state index contributed by atoms with van der Waals surface area (Å²) in [5.41, 5.74) is 5.44. The summed E-state index contributed by atoms with van der Waals surface area (Å²) < 4.78 is 7.06. The highest BCUT2D eigenvalue weighted by Gasteiger charge is 2.12. The number of nitrogens with two attached hydrogens (primary N) is 1. The van der Waals surface area contributed by atoms with Crippen LogP contribution in [0.2, 0.25) is 5.02 Å². The van der Waals surface area contributed by atoms with Crippen molar-refractivity contribution in [2.24, 2.45) is 5.73 Å². The normalized spacial score (nSPS) is 10.4.